The number of sulfone groups is 1. The molecule has 1 heterocycles. The molecule has 1 amide bonds. The van der Waals surface area contributed by atoms with Crippen molar-refractivity contribution in [2.24, 2.45) is 0 Å². The first kappa shape index (κ1) is 12.9. The fraction of sp³-hybridized carbons (Fsp3) is 0.417. The third-order valence-corrected chi connectivity index (χ3v) is 3.88. The molecule has 6 heteroatoms. The van der Waals surface area contributed by atoms with Crippen molar-refractivity contribution >= 4 is 15.7 Å². The van der Waals surface area contributed by atoms with Gasteiger partial charge in [0.05, 0.1) is 11.3 Å². The Morgan fingerprint density at radius 3 is 2.50 bits per heavy atom. The fourth-order valence-corrected chi connectivity index (χ4v) is 2.44. The highest BCUT2D eigenvalue weighted by molar-refractivity contribution is 7.90. The molecule has 1 unspecified atom stereocenters. The maximum Gasteiger partial charge on any atom is 0.223 e. The Bertz CT molecular complexity index is 536. The number of hydrogen-bond acceptors (Lipinski definition) is 4. The molecular formula is C12H15NO4S. The number of ether oxygens (including phenoxy) is 1. The second-order valence-corrected chi connectivity index (χ2v) is 6.34. The van der Waals surface area contributed by atoms with E-state index >= 15 is 0 Å². The minimum atomic E-state index is -3.18. The number of hydrogen-bond donors (Lipinski definition) is 1. The van der Waals surface area contributed by atoms with Crippen LogP contribution in [0.4, 0.5) is 0 Å². The van der Waals surface area contributed by atoms with Crippen LogP contribution in [-0.4, -0.2) is 33.2 Å². The monoisotopic (exact) mass is 269 g/mol. The van der Waals surface area contributed by atoms with Gasteiger partial charge in [0.2, 0.25) is 5.91 Å². The zero-order valence-electron chi connectivity index (χ0n) is 10.0. The molecule has 1 fully saturated rings. The molecule has 18 heavy (non-hydrogen) atoms. The zero-order chi connectivity index (χ0) is 13.2. The highest BCUT2D eigenvalue weighted by atomic mass is 32.2. The van der Waals surface area contributed by atoms with Gasteiger partial charge in [-0.2, -0.15) is 0 Å². The summed E-state index contributed by atoms with van der Waals surface area (Å²) in [5, 5.41) is 2.73. The first-order valence-corrected chi connectivity index (χ1v) is 7.58. The number of carbonyl (C=O) groups excluding carboxylic acids is 1. The topological polar surface area (TPSA) is 72.5 Å². The van der Waals surface area contributed by atoms with E-state index in [-0.39, 0.29) is 16.9 Å². The average molecular weight is 269 g/mol. The first-order valence-electron chi connectivity index (χ1n) is 5.68. The van der Waals surface area contributed by atoms with E-state index in [0.29, 0.717) is 18.7 Å². The van der Waals surface area contributed by atoms with Gasteiger partial charge in [0.1, 0.15) is 11.9 Å². The lowest BCUT2D eigenvalue weighted by atomic mass is 10.1. The van der Waals surface area contributed by atoms with E-state index in [1.807, 2.05) is 0 Å². The lowest BCUT2D eigenvalue weighted by Crippen LogP contribution is -2.38. The highest BCUT2D eigenvalue weighted by Gasteiger charge is 2.20. The van der Waals surface area contributed by atoms with Crippen LogP contribution in [0.1, 0.15) is 12.8 Å². The van der Waals surface area contributed by atoms with Crippen LogP contribution in [0.15, 0.2) is 29.2 Å². The summed E-state index contributed by atoms with van der Waals surface area (Å²) in [6.45, 7) is 0.616. The highest BCUT2D eigenvalue weighted by Crippen LogP contribution is 2.19. The largest absolute Gasteiger partial charge is 0.490 e. The van der Waals surface area contributed by atoms with Crippen LogP contribution in [0.5, 0.6) is 5.75 Å². The van der Waals surface area contributed by atoms with Crippen LogP contribution in [0.25, 0.3) is 0 Å². The molecule has 0 saturated carbocycles. The Morgan fingerprint density at radius 1 is 1.28 bits per heavy atom. The molecule has 0 radical (unpaired) electrons. The van der Waals surface area contributed by atoms with Crippen LogP contribution in [0.3, 0.4) is 0 Å². The third kappa shape index (κ3) is 3.22. The summed E-state index contributed by atoms with van der Waals surface area (Å²) in [7, 11) is -3.18. The van der Waals surface area contributed by atoms with Crippen LogP contribution in [0.2, 0.25) is 0 Å². The second-order valence-electron chi connectivity index (χ2n) is 4.33. The van der Waals surface area contributed by atoms with Gasteiger partial charge in [-0.25, -0.2) is 8.42 Å². The van der Waals surface area contributed by atoms with Crippen molar-refractivity contribution in [1.82, 2.24) is 5.32 Å². The number of rotatable bonds is 3. The molecule has 98 valence electrons. The van der Waals surface area contributed by atoms with Gasteiger partial charge in [-0.3, -0.25) is 4.79 Å². The van der Waals surface area contributed by atoms with Crippen molar-refractivity contribution < 1.29 is 17.9 Å². The molecule has 1 atom stereocenters. The zero-order valence-corrected chi connectivity index (χ0v) is 10.9. The van der Waals surface area contributed by atoms with Crippen molar-refractivity contribution in [3.63, 3.8) is 0 Å². The number of nitrogens with one attached hydrogen (secondary N) is 1. The van der Waals surface area contributed by atoms with E-state index in [4.69, 9.17) is 4.74 Å². The van der Waals surface area contributed by atoms with E-state index in [1.165, 1.54) is 12.1 Å². The standard InChI is InChI=1S/C12H15NO4S/c1-18(15,16)11-4-2-9(3-5-11)17-10-6-7-13-12(14)8-10/h2-5,10H,6-8H2,1H3,(H,13,14). The maximum absolute atomic E-state index is 11.3. The van der Waals surface area contributed by atoms with Crippen molar-refractivity contribution in [2.45, 2.75) is 23.8 Å². The van der Waals surface area contributed by atoms with Gasteiger partial charge in [-0.15, -0.1) is 0 Å². The lowest BCUT2D eigenvalue weighted by Gasteiger charge is -2.23. The Kier molecular flexibility index (Phi) is 3.56. The van der Waals surface area contributed by atoms with Gasteiger partial charge in [0, 0.05) is 19.2 Å². The Hall–Kier alpha value is -1.56. The summed E-state index contributed by atoms with van der Waals surface area (Å²) in [5.74, 6) is 0.570. The Labute approximate surface area is 106 Å². The number of carbonyl (C=O) groups is 1. The summed E-state index contributed by atoms with van der Waals surface area (Å²) < 4.78 is 28.2. The predicted molar refractivity (Wildman–Crippen MR) is 66.2 cm³/mol. The smallest absolute Gasteiger partial charge is 0.223 e. The molecule has 2 rings (SSSR count). The summed E-state index contributed by atoms with van der Waals surface area (Å²) in [6.07, 6.45) is 2.13. The van der Waals surface area contributed by atoms with Crippen LogP contribution < -0.4 is 10.1 Å². The minimum absolute atomic E-state index is 0.0148. The summed E-state index contributed by atoms with van der Waals surface area (Å²) in [5.41, 5.74) is 0. The fourth-order valence-electron chi connectivity index (χ4n) is 1.81. The van der Waals surface area contributed by atoms with Gasteiger partial charge in [0.25, 0.3) is 0 Å². The molecule has 1 N–H and O–H groups in total. The van der Waals surface area contributed by atoms with E-state index < -0.39 is 9.84 Å². The van der Waals surface area contributed by atoms with E-state index in [9.17, 15) is 13.2 Å². The number of piperidine rings is 1. The van der Waals surface area contributed by atoms with Crippen molar-refractivity contribution in [3.05, 3.63) is 24.3 Å². The van der Waals surface area contributed by atoms with Gasteiger partial charge in [-0.05, 0) is 24.3 Å². The minimum Gasteiger partial charge on any atom is -0.490 e. The molecular weight excluding hydrogens is 254 g/mol. The van der Waals surface area contributed by atoms with Crippen molar-refractivity contribution in [3.8, 4) is 5.75 Å². The van der Waals surface area contributed by atoms with Gasteiger partial charge < -0.3 is 10.1 Å². The first-order chi connectivity index (χ1) is 8.45. The molecule has 5 nitrogen and oxygen atoms in total. The van der Waals surface area contributed by atoms with Crippen LogP contribution in [-0.2, 0) is 14.6 Å². The lowest BCUT2D eigenvalue weighted by molar-refractivity contribution is -0.124. The summed E-state index contributed by atoms with van der Waals surface area (Å²) in [6, 6.07) is 6.24. The van der Waals surface area contributed by atoms with Crippen molar-refractivity contribution in [2.75, 3.05) is 12.8 Å². The van der Waals surface area contributed by atoms with E-state index in [1.54, 1.807) is 12.1 Å². The molecule has 0 bridgehead atoms. The molecule has 0 spiro atoms. The summed E-state index contributed by atoms with van der Waals surface area (Å²) in [4.78, 5) is 11.4. The van der Waals surface area contributed by atoms with Gasteiger partial charge in [-0.1, -0.05) is 0 Å². The number of amides is 1. The Balaban J connectivity index is 2.04. The summed E-state index contributed by atoms with van der Waals surface area (Å²) >= 11 is 0. The van der Waals surface area contributed by atoms with E-state index in [2.05, 4.69) is 5.32 Å². The number of benzene rings is 1. The van der Waals surface area contributed by atoms with Crippen LogP contribution in [0, 0.1) is 0 Å². The SMILES string of the molecule is CS(=O)(=O)c1ccc(OC2CCNC(=O)C2)cc1. The second kappa shape index (κ2) is 4.97. The van der Waals surface area contributed by atoms with Gasteiger partial charge >= 0.3 is 0 Å². The van der Waals surface area contributed by atoms with Gasteiger partial charge in [0.15, 0.2) is 9.84 Å². The Morgan fingerprint density at radius 2 is 1.94 bits per heavy atom. The normalized spacial score (nSPS) is 20.3. The molecule has 1 aliphatic heterocycles. The molecule has 1 aromatic carbocycles. The molecule has 1 aromatic rings. The molecule has 1 saturated heterocycles. The quantitative estimate of drug-likeness (QED) is 0.878. The molecule has 1 aliphatic rings. The molecule has 0 aliphatic carbocycles. The predicted octanol–water partition coefficient (Wildman–Crippen LogP) is 0.748. The third-order valence-electron chi connectivity index (χ3n) is 2.76. The van der Waals surface area contributed by atoms with E-state index in [0.717, 1.165) is 12.7 Å². The van der Waals surface area contributed by atoms with Crippen molar-refractivity contribution in [1.29, 1.82) is 0 Å². The van der Waals surface area contributed by atoms with Crippen LogP contribution >= 0.6 is 0 Å². The average Bonchev–Trinajstić information content (AvgIpc) is 2.28. The molecule has 0 aromatic heterocycles. The maximum atomic E-state index is 11.3.